The topological polar surface area (TPSA) is 92.7 Å². The van der Waals surface area contributed by atoms with Crippen molar-refractivity contribution in [3.8, 4) is 0 Å². The van der Waals surface area contributed by atoms with Crippen LogP contribution in [0, 0.1) is 5.92 Å². The minimum Gasteiger partial charge on any atom is -0.378 e. The smallest absolute Gasteiger partial charge is 0.225 e. The lowest BCUT2D eigenvalue weighted by molar-refractivity contribution is -0.137. The number of hydrogen-bond acceptors (Lipinski definition) is 7. The number of sulfone groups is 1. The van der Waals surface area contributed by atoms with Gasteiger partial charge < -0.3 is 14.5 Å². The van der Waals surface area contributed by atoms with Gasteiger partial charge in [0.05, 0.1) is 25.1 Å². The fraction of sp³-hybridized carbons (Fsp3) is 0.762. The van der Waals surface area contributed by atoms with Gasteiger partial charge in [0.2, 0.25) is 11.9 Å². The van der Waals surface area contributed by atoms with Crippen LogP contribution in [0.3, 0.4) is 0 Å². The summed E-state index contributed by atoms with van der Waals surface area (Å²) in [6, 6.07) is 0. The Balaban J connectivity index is 1.50. The summed E-state index contributed by atoms with van der Waals surface area (Å²) in [5, 5.41) is 0. The van der Waals surface area contributed by atoms with Crippen molar-refractivity contribution in [2.45, 2.75) is 55.8 Å². The molecule has 0 spiro atoms. The molecule has 0 atom stereocenters. The zero-order valence-corrected chi connectivity index (χ0v) is 18.6. The van der Waals surface area contributed by atoms with E-state index in [1.807, 2.05) is 9.80 Å². The Labute approximate surface area is 178 Å². The van der Waals surface area contributed by atoms with Gasteiger partial charge >= 0.3 is 0 Å². The maximum Gasteiger partial charge on any atom is 0.225 e. The van der Waals surface area contributed by atoms with Gasteiger partial charge in [0.25, 0.3) is 0 Å². The molecular formula is C21H32N4O4S. The summed E-state index contributed by atoms with van der Waals surface area (Å²) in [7, 11) is -3.43. The van der Waals surface area contributed by atoms with Crippen LogP contribution in [0.5, 0.6) is 0 Å². The Kier molecular flexibility index (Phi) is 6.57. The molecule has 1 aromatic heterocycles. The Morgan fingerprint density at radius 2 is 1.70 bits per heavy atom. The van der Waals surface area contributed by atoms with E-state index < -0.39 is 9.84 Å². The molecule has 30 heavy (non-hydrogen) atoms. The Morgan fingerprint density at radius 1 is 1.03 bits per heavy atom. The molecule has 1 aromatic rings. The minimum absolute atomic E-state index is 0.0212. The SMILES string of the molecule is CS(=O)(=O)c1cnc(N2CCOCC2)nc1C1CCN(C(=O)C2CCCCC2)CC1. The van der Waals surface area contributed by atoms with Gasteiger partial charge in [-0.15, -0.1) is 0 Å². The lowest BCUT2D eigenvalue weighted by Gasteiger charge is -2.35. The van der Waals surface area contributed by atoms with Gasteiger partial charge in [0.1, 0.15) is 4.90 Å². The molecule has 0 bridgehead atoms. The third-order valence-corrected chi connectivity index (χ3v) is 7.72. The number of rotatable bonds is 4. The molecule has 2 aliphatic heterocycles. The number of ether oxygens (including phenoxy) is 1. The van der Waals surface area contributed by atoms with E-state index in [-0.39, 0.29) is 22.6 Å². The predicted octanol–water partition coefficient (Wildman–Crippen LogP) is 2.00. The standard InChI is InChI=1S/C21H32N4O4S/c1-30(27,28)18-15-22-21(25-11-13-29-14-12-25)23-19(18)16-7-9-24(10-8-16)20(26)17-5-3-2-4-6-17/h15-17H,2-14H2,1H3. The van der Waals surface area contributed by atoms with E-state index in [1.54, 1.807) is 0 Å². The van der Waals surface area contributed by atoms with Crippen LogP contribution in [0.2, 0.25) is 0 Å². The molecule has 3 fully saturated rings. The van der Waals surface area contributed by atoms with E-state index in [0.29, 0.717) is 51.0 Å². The average Bonchev–Trinajstić information content (AvgIpc) is 2.79. The Bertz CT molecular complexity index is 856. The van der Waals surface area contributed by atoms with Crippen molar-refractivity contribution in [2.75, 3.05) is 50.5 Å². The second-order valence-electron chi connectivity index (χ2n) is 8.73. The zero-order chi connectivity index (χ0) is 21.1. The third-order valence-electron chi connectivity index (χ3n) is 6.61. The number of carbonyl (C=O) groups excluding carboxylic acids is 1. The van der Waals surface area contributed by atoms with Gasteiger partial charge in [0.15, 0.2) is 9.84 Å². The molecule has 1 aliphatic carbocycles. The maximum absolute atomic E-state index is 12.9. The van der Waals surface area contributed by atoms with Crippen molar-refractivity contribution < 1.29 is 17.9 Å². The molecule has 166 valence electrons. The largest absolute Gasteiger partial charge is 0.378 e. The van der Waals surface area contributed by atoms with Crippen LogP contribution in [0.25, 0.3) is 0 Å². The highest BCUT2D eigenvalue weighted by Gasteiger charge is 2.32. The van der Waals surface area contributed by atoms with E-state index >= 15 is 0 Å². The quantitative estimate of drug-likeness (QED) is 0.713. The van der Waals surface area contributed by atoms with Crippen molar-refractivity contribution in [2.24, 2.45) is 5.92 Å². The van der Waals surface area contributed by atoms with Crippen molar-refractivity contribution >= 4 is 21.7 Å². The van der Waals surface area contributed by atoms with Gasteiger partial charge in [-0.05, 0) is 25.7 Å². The van der Waals surface area contributed by atoms with Gasteiger partial charge in [-0.2, -0.15) is 0 Å². The third kappa shape index (κ3) is 4.77. The molecule has 0 N–H and O–H groups in total. The van der Waals surface area contributed by atoms with Gasteiger partial charge in [-0.3, -0.25) is 4.79 Å². The normalized spacial score (nSPS) is 22.3. The molecule has 0 radical (unpaired) electrons. The molecule has 1 amide bonds. The fourth-order valence-electron chi connectivity index (χ4n) is 4.85. The maximum atomic E-state index is 12.9. The molecule has 0 aromatic carbocycles. The second kappa shape index (κ2) is 9.18. The molecule has 3 heterocycles. The molecular weight excluding hydrogens is 404 g/mol. The monoisotopic (exact) mass is 436 g/mol. The van der Waals surface area contributed by atoms with Crippen LogP contribution in [-0.2, 0) is 19.4 Å². The van der Waals surface area contributed by atoms with Crippen molar-refractivity contribution in [1.29, 1.82) is 0 Å². The van der Waals surface area contributed by atoms with Gasteiger partial charge in [-0.25, -0.2) is 18.4 Å². The lowest BCUT2D eigenvalue weighted by Crippen LogP contribution is -2.42. The average molecular weight is 437 g/mol. The summed E-state index contributed by atoms with van der Waals surface area (Å²) in [5.41, 5.74) is 0.610. The first-order valence-corrected chi connectivity index (χ1v) is 13.0. The minimum atomic E-state index is -3.43. The Morgan fingerprint density at radius 3 is 2.33 bits per heavy atom. The number of nitrogens with zero attached hydrogens (tertiary/aromatic N) is 4. The summed E-state index contributed by atoms with van der Waals surface area (Å²) in [6.45, 7) is 3.97. The lowest BCUT2D eigenvalue weighted by atomic mass is 9.87. The fourth-order valence-corrected chi connectivity index (χ4v) is 5.69. The number of morpholine rings is 1. The highest BCUT2D eigenvalue weighted by atomic mass is 32.2. The molecule has 3 aliphatic rings. The molecule has 8 nitrogen and oxygen atoms in total. The van der Waals surface area contributed by atoms with E-state index in [9.17, 15) is 13.2 Å². The Hall–Kier alpha value is -1.74. The van der Waals surface area contributed by atoms with Crippen molar-refractivity contribution in [3.05, 3.63) is 11.9 Å². The molecule has 1 saturated carbocycles. The zero-order valence-electron chi connectivity index (χ0n) is 17.8. The predicted molar refractivity (Wildman–Crippen MR) is 113 cm³/mol. The number of anilines is 1. The summed E-state index contributed by atoms with van der Waals surface area (Å²) in [5.74, 6) is 1.05. The van der Waals surface area contributed by atoms with E-state index in [2.05, 4.69) is 4.98 Å². The van der Waals surface area contributed by atoms with Gasteiger partial charge in [-0.1, -0.05) is 19.3 Å². The van der Waals surface area contributed by atoms with Crippen LogP contribution in [0.4, 0.5) is 5.95 Å². The number of piperidine rings is 1. The van der Waals surface area contributed by atoms with E-state index in [0.717, 1.165) is 38.5 Å². The molecule has 9 heteroatoms. The number of amides is 1. The molecule has 4 rings (SSSR count). The number of aromatic nitrogens is 2. The molecule has 0 unspecified atom stereocenters. The van der Waals surface area contributed by atoms with Gasteiger partial charge in [0, 0.05) is 44.3 Å². The van der Waals surface area contributed by atoms with E-state index in [1.165, 1.54) is 18.9 Å². The van der Waals surface area contributed by atoms with Crippen molar-refractivity contribution in [3.63, 3.8) is 0 Å². The first kappa shape index (κ1) is 21.5. The van der Waals surface area contributed by atoms with E-state index in [4.69, 9.17) is 9.72 Å². The summed E-state index contributed by atoms with van der Waals surface area (Å²) in [4.78, 5) is 26.2. The summed E-state index contributed by atoms with van der Waals surface area (Å²) < 4.78 is 30.2. The summed E-state index contributed by atoms with van der Waals surface area (Å²) >= 11 is 0. The highest BCUT2D eigenvalue weighted by Crippen LogP contribution is 2.34. The highest BCUT2D eigenvalue weighted by molar-refractivity contribution is 7.90. The first-order valence-electron chi connectivity index (χ1n) is 11.1. The number of hydrogen-bond donors (Lipinski definition) is 0. The second-order valence-corrected chi connectivity index (χ2v) is 10.7. The van der Waals surface area contributed by atoms with Crippen LogP contribution < -0.4 is 4.90 Å². The number of carbonyl (C=O) groups is 1. The van der Waals surface area contributed by atoms with Crippen LogP contribution >= 0.6 is 0 Å². The van der Waals surface area contributed by atoms with Crippen molar-refractivity contribution in [1.82, 2.24) is 14.9 Å². The van der Waals surface area contributed by atoms with Crippen LogP contribution in [0.1, 0.15) is 56.6 Å². The molecule has 2 saturated heterocycles. The van der Waals surface area contributed by atoms with Crippen LogP contribution in [-0.4, -0.2) is 74.8 Å². The summed E-state index contributed by atoms with van der Waals surface area (Å²) in [6.07, 6.45) is 9.69. The first-order chi connectivity index (χ1) is 14.4. The number of likely N-dealkylation sites (tertiary alicyclic amines) is 1. The van der Waals surface area contributed by atoms with Crippen LogP contribution in [0.15, 0.2) is 11.1 Å².